The molecule has 0 aliphatic carbocycles. The van der Waals surface area contributed by atoms with Gasteiger partial charge in [-0.05, 0) is 18.2 Å². The number of amides is 1. The van der Waals surface area contributed by atoms with E-state index in [0.717, 1.165) is 23.4 Å². The molecular formula is C15H17BrN4O. The number of halogens is 1. The first-order chi connectivity index (χ1) is 10.2. The Hall–Kier alpha value is -1.66. The Morgan fingerprint density at radius 1 is 1.48 bits per heavy atom. The zero-order chi connectivity index (χ0) is 14.8. The monoisotopic (exact) mass is 348 g/mol. The Kier molecular flexibility index (Phi) is 4.07. The molecule has 110 valence electrons. The summed E-state index contributed by atoms with van der Waals surface area (Å²) in [6.45, 7) is 2.22. The molecule has 0 spiro atoms. The second-order valence-electron chi connectivity index (χ2n) is 5.13. The Balaban J connectivity index is 1.91. The number of rotatable bonds is 2. The Bertz CT molecular complexity index is 655. The van der Waals surface area contributed by atoms with Gasteiger partial charge in [-0.15, -0.1) is 0 Å². The first kappa shape index (κ1) is 14.3. The van der Waals surface area contributed by atoms with Gasteiger partial charge in [0.25, 0.3) is 5.91 Å². The van der Waals surface area contributed by atoms with Crippen LogP contribution in [0.2, 0.25) is 0 Å². The number of carbonyl (C=O) groups is 1. The fraction of sp³-hybridized carbons (Fsp3) is 0.333. The van der Waals surface area contributed by atoms with Crippen LogP contribution in [0.15, 0.2) is 41.1 Å². The van der Waals surface area contributed by atoms with Gasteiger partial charge in [0.2, 0.25) is 0 Å². The summed E-state index contributed by atoms with van der Waals surface area (Å²) in [5, 5.41) is 3.34. The Morgan fingerprint density at radius 2 is 2.33 bits per heavy atom. The molecule has 1 N–H and O–H groups in total. The first-order valence-electron chi connectivity index (χ1n) is 6.91. The van der Waals surface area contributed by atoms with E-state index in [1.807, 2.05) is 47.0 Å². The third kappa shape index (κ3) is 2.87. The highest BCUT2D eigenvalue weighted by molar-refractivity contribution is 9.10. The van der Waals surface area contributed by atoms with Gasteiger partial charge in [-0.1, -0.05) is 22.0 Å². The zero-order valence-corrected chi connectivity index (χ0v) is 13.4. The smallest absolute Gasteiger partial charge is 0.254 e. The van der Waals surface area contributed by atoms with Crippen LogP contribution in [0.25, 0.3) is 0 Å². The van der Waals surface area contributed by atoms with Crippen LogP contribution in [0.5, 0.6) is 0 Å². The SMILES string of the molecule is Cn1ccnc1C1CNCCN1C(=O)c1cccc(Br)c1. The number of aromatic nitrogens is 2. The molecular weight excluding hydrogens is 332 g/mol. The average molecular weight is 349 g/mol. The minimum atomic E-state index is -0.0368. The molecule has 1 fully saturated rings. The van der Waals surface area contributed by atoms with Gasteiger partial charge in [-0.2, -0.15) is 0 Å². The molecule has 1 aliphatic heterocycles. The fourth-order valence-electron chi connectivity index (χ4n) is 2.66. The number of imidazole rings is 1. The highest BCUT2D eigenvalue weighted by atomic mass is 79.9. The standard InChI is InChI=1S/C15H17BrN4O/c1-19-7-6-18-14(19)13-10-17-5-8-20(13)15(21)11-3-2-4-12(16)9-11/h2-4,6-7,9,13,17H,5,8,10H2,1H3. The highest BCUT2D eigenvalue weighted by Crippen LogP contribution is 2.23. The second-order valence-corrected chi connectivity index (χ2v) is 6.04. The van der Waals surface area contributed by atoms with Crippen molar-refractivity contribution < 1.29 is 4.79 Å². The minimum absolute atomic E-state index is 0.0368. The number of piperazine rings is 1. The van der Waals surface area contributed by atoms with Crippen LogP contribution in [0.1, 0.15) is 22.2 Å². The molecule has 1 unspecified atom stereocenters. The van der Waals surface area contributed by atoms with Gasteiger partial charge in [-0.3, -0.25) is 4.79 Å². The molecule has 2 aromatic rings. The summed E-state index contributed by atoms with van der Waals surface area (Å²) in [5.41, 5.74) is 0.700. The van der Waals surface area contributed by atoms with Gasteiger partial charge >= 0.3 is 0 Å². The lowest BCUT2D eigenvalue weighted by molar-refractivity contribution is 0.0621. The summed E-state index contributed by atoms with van der Waals surface area (Å²) < 4.78 is 2.89. The number of hydrogen-bond acceptors (Lipinski definition) is 3. The van der Waals surface area contributed by atoms with E-state index in [-0.39, 0.29) is 11.9 Å². The van der Waals surface area contributed by atoms with Crippen LogP contribution >= 0.6 is 15.9 Å². The van der Waals surface area contributed by atoms with E-state index in [1.165, 1.54) is 0 Å². The Labute approximate surface area is 132 Å². The maximum atomic E-state index is 12.8. The van der Waals surface area contributed by atoms with Crippen molar-refractivity contribution >= 4 is 21.8 Å². The first-order valence-corrected chi connectivity index (χ1v) is 7.70. The van der Waals surface area contributed by atoms with E-state index in [2.05, 4.69) is 26.2 Å². The molecule has 0 saturated carbocycles. The number of carbonyl (C=O) groups excluding carboxylic acids is 1. The van der Waals surface area contributed by atoms with Crippen molar-refractivity contribution in [2.45, 2.75) is 6.04 Å². The van der Waals surface area contributed by atoms with Gasteiger partial charge < -0.3 is 14.8 Å². The Morgan fingerprint density at radius 3 is 3.05 bits per heavy atom. The van der Waals surface area contributed by atoms with Crippen molar-refractivity contribution in [2.24, 2.45) is 7.05 Å². The normalized spacial score (nSPS) is 18.8. The van der Waals surface area contributed by atoms with Crippen molar-refractivity contribution in [3.05, 3.63) is 52.5 Å². The predicted octanol–water partition coefficient (Wildman–Crippen LogP) is 1.97. The van der Waals surface area contributed by atoms with Crippen LogP contribution in [-0.4, -0.2) is 40.0 Å². The average Bonchev–Trinajstić information content (AvgIpc) is 2.92. The van der Waals surface area contributed by atoms with Crippen molar-refractivity contribution in [1.82, 2.24) is 19.8 Å². The molecule has 0 bridgehead atoms. The lowest BCUT2D eigenvalue weighted by Crippen LogP contribution is -2.49. The van der Waals surface area contributed by atoms with Gasteiger partial charge in [-0.25, -0.2) is 4.98 Å². The summed E-state index contributed by atoms with van der Waals surface area (Å²) in [6, 6.07) is 7.48. The third-order valence-electron chi connectivity index (χ3n) is 3.73. The number of nitrogens with one attached hydrogen (secondary N) is 1. The van der Waals surface area contributed by atoms with E-state index in [0.29, 0.717) is 12.1 Å². The molecule has 6 heteroatoms. The molecule has 2 heterocycles. The van der Waals surface area contributed by atoms with E-state index < -0.39 is 0 Å². The van der Waals surface area contributed by atoms with E-state index >= 15 is 0 Å². The van der Waals surface area contributed by atoms with Crippen molar-refractivity contribution in [1.29, 1.82) is 0 Å². The lowest BCUT2D eigenvalue weighted by Gasteiger charge is -2.35. The quantitative estimate of drug-likeness (QED) is 0.902. The zero-order valence-electron chi connectivity index (χ0n) is 11.8. The van der Waals surface area contributed by atoms with Crippen LogP contribution in [0.3, 0.4) is 0 Å². The number of nitrogens with zero attached hydrogens (tertiary/aromatic N) is 3. The summed E-state index contributed by atoms with van der Waals surface area (Å²) in [7, 11) is 1.96. The van der Waals surface area contributed by atoms with Crippen molar-refractivity contribution in [2.75, 3.05) is 19.6 Å². The number of hydrogen-bond donors (Lipinski definition) is 1. The molecule has 1 aliphatic rings. The molecule has 1 amide bonds. The molecule has 0 radical (unpaired) electrons. The lowest BCUT2D eigenvalue weighted by atomic mass is 10.1. The van der Waals surface area contributed by atoms with Crippen LogP contribution in [0.4, 0.5) is 0 Å². The van der Waals surface area contributed by atoms with Crippen molar-refractivity contribution in [3.63, 3.8) is 0 Å². The summed E-state index contributed by atoms with van der Waals surface area (Å²) in [5.74, 6) is 0.955. The molecule has 1 aromatic carbocycles. The minimum Gasteiger partial charge on any atom is -0.336 e. The largest absolute Gasteiger partial charge is 0.336 e. The molecule has 3 rings (SSSR count). The maximum absolute atomic E-state index is 12.8. The molecule has 1 atom stereocenters. The number of benzene rings is 1. The van der Waals surface area contributed by atoms with E-state index in [9.17, 15) is 4.79 Å². The van der Waals surface area contributed by atoms with Crippen LogP contribution < -0.4 is 5.32 Å². The van der Waals surface area contributed by atoms with Gasteiger partial charge in [0, 0.05) is 49.1 Å². The number of aryl methyl sites for hydroxylation is 1. The molecule has 1 saturated heterocycles. The third-order valence-corrected chi connectivity index (χ3v) is 4.23. The van der Waals surface area contributed by atoms with Gasteiger partial charge in [0.1, 0.15) is 11.9 Å². The molecule has 21 heavy (non-hydrogen) atoms. The molecule has 1 aromatic heterocycles. The van der Waals surface area contributed by atoms with Gasteiger partial charge in [0.05, 0.1) is 0 Å². The van der Waals surface area contributed by atoms with Crippen LogP contribution in [-0.2, 0) is 7.05 Å². The predicted molar refractivity (Wildman–Crippen MR) is 84.0 cm³/mol. The maximum Gasteiger partial charge on any atom is 0.254 e. The summed E-state index contributed by atoms with van der Waals surface area (Å²) in [4.78, 5) is 19.1. The second kappa shape index (κ2) is 5.99. The van der Waals surface area contributed by atoms with E-state index in [4.69, 9.17) is 0 Å². The summed E-state index contributed by atoms with van der Waals surface area (Å²) in [6.07, 6.45) is 3.68. The van der Waals surface area contributed by atoms with Gasteiger partial charge in [0.15, 0.2) is 0 Å². The van der Waals surface area contributed by atoms with Crippen LogP contribution in [0, 0.1) is 0 Å². The topological polar surface area (TPSA) is 50.2 Å². The summed E-state index contributed by atoms with van der Waals surface area (Å²) >= 11 is 3.42. The fourth-order valence-corrected chi connectivity index (χ4v) is 3.06. The van der Waals surface area contributed by atoms with Crippen molar-refractivity contribution in [3.8, 4) is 0 Å². The van der Waals surface area contributed by atoms with E-state index in [1.54, 1.807) is 6.20 Å². The molecule has 5 nitrogen and oxygen atoms in total. The highest BCUT2D eigenvalue weighted by Gasteiger charge is 2.30.